The van der Waals surface area contributed by atoms with Crippen molar-refractivity contribution >= 4 is 16.0 Å². The molecule has 110 valence electrons. The summed E-state index contributed by atoms with van der Waals surface area (Å²) in [6.07, 6.45) is 0.237. The van der Waals surface area contributed by atoms with Crippen LogP contribution < -0.4 is 4.72 Å². The Morgan fingerprint density at radius 1 is 1.30 bits per heavy atom. The Bertz CT molecular complexity index is 605. The van der Waals surface area contributed by atoms with Gasteiger partial charge in [0.25, 0.3) is 0 Å². The average molecular weight is 299 g/mol. The zero-order chi connectivity index (χ0) is 14.8. The number of aryl methyl sites for hydroxylation is 1. The van der Waals surface area contributed by atoms with Crippen LogP contribution >= 0.6 is 0 Å². The number of carboxylic acids is 1. The normalized spacial score (nSPS) is 18.6. The van der Waals surface area contributed by atoms with Crippen LogP contribution in [0, 0.1) is 6.92 Å². The van der Waals surface area contributed by atoms with Crippen molar-refractivity contribution in [3.8, 4) is 0 Å². The van der Waals surface area contributed by atoms with E-state index in [0.29, 0.717) is 5.56 Å². The van der Waals surface area contributed by atoms with Gasteiger partial charge in [0.2, 0.25) is 10.0 Å². The van der Waals surface area contributed by atoms with Crippen LogP contribution in [0.25, 0.3) is 0 Å². The smallest absolute Gasteiger partial charge is 0.325 e. The van der Waals surface area contributed by atoms with Crippen molar-refractivity contribution in [1.82, 2.24) is 4.72 Å². The van der Waals surface area contributed by atoms with Gasteiger partial charge in [-0.2, -0.15) is 4.72 Å². The zero-order valence-electron chi connectivity index (χ0n) is 11.1. The maximum absolute atomic E-state index is 12.4. The highest BCUT2D eigenvalue weighted by Crippen LogP contribution is 2.25. The van der Waals surface area contributed by atoms with Crippen LogP contribution in [0.1, 0.15) is 18.4 Å². The highest BCUT2D eigenvalue weighted by atomic mass is 32.2. The molecule has 0 aliphatic carbocycles. The fraction of sp³-hybridized carbons (Fsp3) is 0.462. The van der Waals surface area contributed by atoms with Crippen LogP contribution in [-0.4, -0.2) is 38.2 Å². The zero-order valence-corrected chi connectivity index (χ0v) is 11.9. The first-order valence-electron chi connectivity index (χ1n) is 6.28. The fourth-order valence-electron chi connectivity index (χ4n) is 2.25. The van der Waals surface area contributed by atoms with Crippen LogP contribution in [0.15, 0.2) is 29.2 Å². The van der Waals surface area contributed by atoms with Gasteiger partial charge in [0, 0.05) is 26.1 Å². The molecule has 0 spiro atoms. The first-order valence-corrected chi connectivity index (χ1v) is 7.76. The Balaban J connectivity index is 2.35. The SMILES string of the molecule is Cc1ccccc1S(=O)(=O)NC1(C(=O)O)CCOCC1. The Morgan fingerprint density at radius 3 is 2.45 bits per heavy atom. The predicted octanol–water partition coefficient (Wildman–Crippen LogP) is 0.907. The summed E-state index contributed by atoms with van der Waals surface area (Å²) >= 11 is 0. The monoisotopic (exact) mass is 299 g/mol. The third kappa shape index (κ3) is 2.84. The average Bonchev–Trinajstić information content (AvgIpc) is 2.39. The van der Waals surface area contributed by atoms with E-state index in [4.69, 9.17) is 4.74 Å². The minimum atomic E-state index is -3.88. The van der Waals surface area contributed by atoms with Crippen molar-refractivity contribution in [3.05, 3.63) is 29.8 Å². The number of benzene rings is 1. The Morgan fingerprint density at radius 2 is 1.90 bits per heavy atom. The molecule has 0 bridgehead atoms. The van der Waals surface area contributed by atoms with Crippen molar-refractivity contribution in [1.29, 1.82) is 0 Å². The molecule has 7 heteroatoms. The molecule has 2 rings (SSSR count). The lowest BCUT2D eigenvalue weighted by atomic mass is 9.92. The third-order valence-corrected chi connectivity index (χ3v) is 5.17. The van der Waals surface area contributed by atoms with Crippen LogP contribution in [0.3, 0.4) is 0 Å². The van der Waals surface area contributed by atoms with E-state index in [1.54, 1.807) is 25.1 Å². The summed E-state index contributed by atoms with van der Waals surface area (Å²) in [4.78, 5) is 11.6. The number of hydrogen-bond acceptors (Lipinski definition) is 4. The van der Waals surface area contributed by atoms with Gasteiger partial charge in [0.05, 0.1) is 4.90 Å². The Labute approximate surface area is 117 Å². The lowest BCUT2D eigenvalue weighted by Crippen LogP contribution is -2.57. The van der Waals surface area contributed by atoms with Gasteiger partial charge in [0.15, 0.2) is 0 Å². The van der Waals surface area contributed by atoms with E-state index in [2.05, 4.69) is 4.72 Å². The number of ether oxygens (including phenoxy) is 1. The molecule has 0 saturated carbocycles. The van der Waals surface area contributed by atoms with Crippen LogP contribution in [-0.2, 0) is 19.6 Å². The molecule has 1 saturated heterocycles. The number of carboxylic acid groups (broad SMARTS) is 1. The van der Waals surface area contributed by atoms with Gasteiger partial charge < -0.3 is 9.84 Å². The quantitative estimate of drug-likeness (QED) is 0.862. The molecular formula is C13H17NO5S. The van der Waals surface area contributed by atoms with E-state index in [-0.39, 0.29) is 31.0 Å². The van der Waals surface area contributed by atoms with Gasteiger partial charge in [-0.3, -0.25) is 4.79 Å². The van der Waals surface area contributed by atoms with E-state index in [1.807, 2.05) is 0 Å². The van der Waals surface area contributed by atoms with Crippen LogP contribution in [0.2, 0.25) is 0 Å². The van der Waals surface area contributed by atoms with Crippen LogP contribution in [0.5, 0.6) is 0 Å². The van der Waals surface area contributed by atoms with Crippen molar-refractivity contribution in [2.24, 2.45) is 0 Å². The van der Waals surface area contributed by atoms with E-state index < -0.39 is 21.5 Å². The van der Waals surface area contributed by atoms with E-state index in [9.17, 15) is 18.3 Å². The van der Waals surface area contributed by atoms with Gasteiger partial charge >= 0.3 is 5.97 Å². The van der Waals surface area contributed by atoms with Gasteiger partial charge in [0.1, 0.15) is 5.54 Å². The molecule has 1 aromatic carbocycles. The summed E-state index contributed by atoms with van der Waals surface area (Å²) in [7, 11) is -3.88. The Hall–Kier alpha value is -1.44. The molecule has 0 amide bonds. The maximum Gasteiger partial charge on any atom is 0.325 e. The number of sulfonamides is 1. The number of aliphatic carboxylic acids is 1. The van der Waals surface area contributed by atoms with Gasteiger partial charge in [-0.05, 0) is 18.6 Å². The summed E-state index contributed by atoms with van der Waals surface area (Å²) in [6, 6.07) is 6.48. The summed E-state index contributed by atoms with van der Waals surface area (Å²) in [6.45, 7) is 2.12. The second-order valence-electron chi connectivity index (χ2n) is 4.87. The number of nitrogens with one attached hydrogen (secondary N) is 1. The first kappa shape index (κ1) is 15.0. The molecule has 0 aromatic heterocycles. The van der Waals surface area contributed by atoms with E-state index in [0.717, 1.165) is 0 Å². The maximum atomic E-state index is 12.4. The number of rotatable bonds is 4. The van der Waals surface area contributed by atoms with Crippen LogP contribution in [0.4, 0.5) is 0 Å². The highest BCUT2D eigenvalue weighted by Gasteiger charge is 2.44. The highest BCUT2D eigenvalue weighted by molar-refractivity contribution is 7.89. The molecule has 20 heavy (non-hydrogen) atoms. The molecule has 0 unspecified atom stereocenters. The lowest BCUT2D eigenvalue weighted by molar-refractivity contribution is -0.147. The lowest BCUT2D eigenvalue weighted by Gasteiger charge is -2.33. The molecule has 1 aliphatic heterocycles. The second-order valence-corrected chi connectivity index (χ2v) is 6.52. The molecule has 2 N–H and O–H groups in total. The minimum Gasteiger partial charge on any atom is -0.480 e. The van der Waals surface area contributed by atoms with Crippen molar-refractivity contribution in [2.75, 3.05) is 13.2 Å². The van der Waals surface area contributed by atoms with Gasteiger partial charge in [-0.25, -0.2) is 8.42 Å². The Kier molecular flexibility index (Phi) is 4.12. The van der Waals surface area contributed by atoms with Gasteiger partial charge in [-0.1, -0.05) is 18.2 Å². The van der Waals surface area contributed by atoms with Crippen molar-refractivity contribution < 1.29 is 23.1 Å². The van der Waals surface area contributed by atoms with E-state index in [1.165, 1.54) is 6.07 Å². The predicted molar refractivity (Wildman–Crippen MR) is 71.9 cm³/mol. The third-order valence-electron chi connectivity index (χ3n) is 3.47. The first-order chi connectivity index (χ1) is 9.37. The molecular weight excluding hydrogens is 282 g/mol. The van der Waals surface area contributed by atoms with Crippen molar-refractivity contribution in [2.45, 2.75) is 30.2 Å². The summed E-state index contributed by atoms with van der Waals surface area (Å²) in [5.74, 6) is -1.17. The summed E-state index contributed by atoms with van der Waals surface area (Å²) < 4.78 is 32.3. The molecule has 6 nitrogen and oxygen atoms in total. The van der Waals surface area contributed by atoms with E-state index >= 15 is 0 Å². The molecule has 0 atom stereocenters. The summed E-state index contributed by atoms with van der Waals surface area (Å²) in [5, 5.41) is 9.39. The number of carbonyl (C=O) groups is 1. The van der Waals surface area contributed by atoms with Gasteiger partial charge in [-0.15, -0.1) is 0 Å². The largest absolute Gasteiger partial charge is 0.480 e. The van der Waals surface area contributed by atoms with Crippen molar-refractivity contribution in [3.63, 3.8) is 0 Å². The summed E-state index contributed by atoms with van der Waals surface area (Å²) in [5.41, 5.74) is -0.910. The molecule has 1 heterocycles. The molecule has 1 aliphatic rings. The molecule has 1 aromatic rings. The topological polar surface area (TPSA) is 92.7 Å². The standard InChI is InChI=1S/C13H17NO5S/c1-10-4-2-3-5-11(10)20(17,18)14-13(12(15)16)6-8-19-9-7-13/h2-5,14H,6-9H2,1H3,(H,15,16). The minimum absolute atomic E-state index is 0.104. The fourth-order valence-corrected chi connectivity index (χ4v) is 3.92. The second kappa shape index (κ2) is 5.51. The molecule has 1 fully saturated rings. The molecule has 0 radical (unpaired) electrons. The number of hydrogen-bond donors (Lipinski definition) is 2.